The molecule has 0 aromatic heterocycles. The number of halogens is 3. The van der Waals surface area contributed by atoms with Crippen LogP contribution in [0.4, 0.5) is 18.9 Å². The zero-order chi connectivity index (χ0) is 12.6. The summed E-state index contributed by atoms with van der Waals surface area (Å²) in [5.41, 5.74) is -0.381. The number of nitrogens with zero attached hydrogens (tertiary/aromatic N) is 1. The van der Waals surface area contributed by atoms with Crippen molar-refractivity contribution in [1.82, 2.24) is 0 Å². The molecule has 1 N–H and O–H groups in total. The van der Waals surface area contributed by atoms with Crippen molar-refractivity contribution >= 4 is 11.6 Å². The van der Waals surface area contributed by atoms with Gasteiger partial charge in [0.15, 0.2) is 0 Å². The standard InChI is InChI=1S/C11H10F3NO2/c12-11(13,14)7-1-3-8(4-2-7)15-6-5-9(16)10(15)17/h1-4,9,16H,5-6H2. The van der Waals surface area contributed by atoms with Gasteiger partial charge in [0.2, 0.25) is 0 Å². The van der Waals surface area contributed by atoms with Crippen LogP contribution in [-0.2, 0) is 11.0 Å². The van der Waals surface area contributed by atoms with E-state index in [1.807, 2.05) is 0 Å². The molecule has 1 saturated heterocycles. The average molecular weight is 245 g/mol. The van der Waals surface area contributed by atoms with Crippen LogP contribution in [0.1, 0.15) is 12.0 Å². The summed E-state index contributed by atoms with van der Waals surface area (Å²) in [6.45, 7) is 0.325. The molecule has 1 unspecified atom stereocenters. The number of hydrogen-bond acceptors (Lipinski definition) is 2. The lowest BCUT2D eigenvalue weighted by atomic mass is 10.2. The van der Waals surface area contributed by atoms with Crippen molar-refractivity contribution in [3.8, 4) is 0 Å². The molecule has 1 aliphatic heterocycles. The van der Waals surface area contributed by atoms with Crippen LogP contribution in [-0.4, -0.2) is 23.7 Å². The second-order valence-corrected chi connectivity index (χ2v) is 3.84. The van der Waals surface area contributed by atoms with Gasteiger partial charge >= 0.3 is 6.18 Å². The molecule has 1 aromatic carbocycles. The van der Waals surface area contributed by atoms with Gasteiger partial charge in [-0.05, 0) is 24.3 Å². The fourth-order valence-corrected chi connectivity index (χ4v) is 1.75. The summed E-state index contributed by atoms with van der Waals surface area (Å²) in [6, 6.07) is 4.32. The van der Waals surface area contributed by atoms with Crippen molar-refractivity contribution in [2.24, 2.45) is 0 Å². The number of carbonyl (C=O) groups excluding carboxylic acids is 1. The maximum absolute atomic E-state index is 12.3. The summed E-state index contributed by atoms with van der Waals surface area (Å²) < 4.78 is 36.9. The van der Waals surface area contributed by atoms with Crippen molar-refractivity contribution in [3.05, 3.63) is 29.8 Å². The van der Waals surface area contributed by atoms with Crippen molar-refractivity contribution in [1.29, 1.82) is 0 Å². The minimum atomic E-state index is -4.38. The van der Waals surface area contributed by atoms with Crippen LogP contribution in [0.3, 0.4) is 0 Å². The SMILES string of the molecule is O=C1C(O)CCN1c1ccc(C(F)(F)F)cc1. The van der Waals surface area contributed by atoms with E-state index in [0.29, 0.717) is 18.7 Å². The van der Waals surface area contributed by atoms with Crippen molar-refractivity contribution in [2.45, 2.75) is 18.7 Å². The summed E-state index contributed by atoms with van der Waals surface area (Å²) in [6.07, 6.45) is -5.12. The quantitative estimate of drug-likeness (QED) is 0.819. The molecule has 0 bridgehead atoms. The summed E-state index contributed by atoms with van der Waals surface area (Å²) in [7, 11) is 0. The van der Waals surface area contributed by atoms with E-state index < -0.39 is 23.8 Å². The van der Waals surface area contributed by atoms with E-state index in [2.05, 4.69) is 0 Å². The van der Waals surface area contributed by atoms with E-state index in [0.717, 1.165) is 12.1 Å². The predicted octanol–water partition coefficient (Wildman–Crippen LogP) is 1.80. The lowest BCUT2D eigenvalue weighted by Gasteiger charge is -2.16. The first-order valence-electron chi connectivity index (χ1n) is 5.06. The molecular weight excluding hydrogens is 235 g/mol. The molecule has 0 radical (unpaired) electrons. The molecule has 0 spiro atoms. The minimum Gasteiger partial charge on any atom is -0.383 e. The third kappa shape index (κ3) is 2.26. The number of rotatable bonds is 1. The van der Waals surface area contributed by atoms with Gasteiger partial charge in [-0.25, -0.2) is 0 Å². The van der Waals surface area contributed by atoms with Crippen LogP contribution in [0.5, 0.6) is 0 Å². The normalized spacial score (nSPS) is 21.1. The molecule has 3 nitrogen and oxygen atoms in total. The largest absolute Gasteiger partial charge is 0.416 e. The summed E-state index contributed by atoms with van der Waals surface area (Å²) >= 11 is 0. The molecule has 0 aliphatic carbocycles. The number of anilines is 1. The van der Waals surface area contributed by atoms with Gasteiger partial charge in [0.25, 0.3) is 5.91 Å². The van der Waals surface area contributed by atoms with E-state index in [-0.39, 0.29) is 0 Å². The zero-order valence-corrected chi connectivity index (χ0v) is 8.74. The summed E-state index contributed by atoms with van der Waals surface area (Å²) in [5.74, 6) is -0.468. The van der Waals surface area contributed by atoms with Crippen LogP contribution in [0, 0.1) is 0 Å². The van der Waals surface area contributed by atoms with Crippen LogP contribution in [0.2, 0.25) is 0 Å². The Balaban J connectivity index is 2.22. The van der Waals surface area contributed by atoms with Gasteiger partial charge in [-0.15, -0.1) is 0 Å². The Hall–Kier alpha value is -1.56. The molecule has 2 rings (SSSR count). The highest BCUT2D eigenvalue weighted by molar-refractivity contribution is 5.98. The van der Waals surface area contributed by atoms with Gasteiger partial charge in [-0.3, -0.25) is 4.79 Å². The summed E-state index contributed by atoms with van der Waals surface area (Å²) in [4.78, 5) is 12.7. The van der Waals surface area contributed by atoms with Gasteiger partial charge in [0.1, 0.15) is 6.10 Å². The first kappa shape index (κ1) is 11.9. The monoisotopic (exact) mass is 245 g/mol. The molecule has 1 atom stereocenters. The van der Waals surface area contributed by atoms with Gasteiger partial charge < -0.3 is 10.0 Å². The molecule has 92 valence electrons. The molecular formula is C11H10F3NO2. The van der Waals surface area contributed by atoms with E-state index in [1.54, 1.807) is 0 Å². The lowest BCUT2D eigenvalue weighted by molar-refractivity contribution is -0.137. The Morgan fingerprint density at radius 3 is 2.24 bits per heavy atom. The summed E-state index contributed by atoms with van der Waals surface area (Å²) in [5, 5.41) is 9.24. The third-order valence-corrected chi connectivity index (χ3v) is 2.68. The fraction of sp³-hybridized carbons (Fsp3) is 0.364. The maximum atomic E-state index is 12.3. The van der Waals surface area contributed by atoms with E-state index >= 15 is 0 Å². The van der Waals surface area contributed by atoms with Gasteiger partial charge in [0, 0.05) is 18.7 Å². The molecule has 17 heavy (non-hydrogen) atoms. The minimum absolute atomic E-state index is 0.305. The van der Waals surface area contributed by atoms with Crippen molar-refractivity contribution in [3.63, 3.8) is 0 Å². The van der Waals surface area contributed by atoms with E-state index in [4.69, 9.17) is 0 Å². The average Bonchev–Trinajstić information content (AvgIpc) is 2.59. The Bertz CT molecular complexity index is 427. The predicted molar refractivity (Wildman–Crippen MR) is 54.4 cm³/mol. The molecule has 1 heterocycles. The Labute approximate surface area is 95.5 Å². The highest BCUT2D eigenvalue weighted by atomic mass is 19.4. The Morgan fingerprint density at radius 2 is 1.82 bits per heavy atom. The number of hydrogen-bond donors (Lipinski definition) is 1. The Morgan fingerprint density at radius 1 is 1.24 bits per heavy atom. The van der Waals surface area contributed by atoms with Crippen LogP contribution < -0.4 is 4.90 Å². The highest BCUT2D eigenvalue weighted by Crippen LogP contribution is 2.31. The van der Waals surface area contributed by atoms with E-state index in [9.17, 15) is 23.1 Å². The topological polar surface area (TPSA) is 40.5 Å². The van der Waals surface area contributed by atoms with Crippen LogP contribution in [0.25, 0.3) is 0 Å². The van der Waals surface area contributed by atoms with Crippen LogP contribution in [0.15, 0.2) is 24.3 Å². The zero-order valence-electron chi connectivity index (χ0n) is 8.74. The molecule has 1 aromatic rings. The van der Waals surface area contributed by atoms with Crippen molar-refractivity contribution in [2.75, 3.05) is 11.4 Å². The molecule has 1 amide bonds. The highest BCUT2D eigenvalue weighted by Gasteiger charge is 2.33. The van der Waals surface area contributed by atoms with Gasteiger partial charge in [-0.2, -0.15) is 13.2 Å². The second kappa shape index (κ2) is 4.03. The fourth-order valence-electron chi connectivity index (χ4n) is 1.75. The first-order chi connectivity index (χ1) is 7.89. The maximum Gasteiger partial charge on any atom is 0.416 e. The number of carbonyl (C=O) groups is 1. The van der Waals surface area contributed by atoms with Gasteiger partial charge in [0.05, 0.1) is 5.56 Å². The number of aliphatic hydroxyl groups is 1. The number of aliphatic hydroxyl groups excluding tert-OH is 1. The second-order valence-electron chi connectivity index (χ2n) is 3.84. The van der Waals surface area contributed by atoms with Crippen LogP contribution >= 0.6 is 0 Å². The third-order valence-electron chi connectivity index (χ3n) is 2.68. The van der Waals surface area contributed by atoms with Gasteiger partial charge in [-0.1, -0.05) is 0 Å². The Kier molecular flexibility index (Phi) is 2.82. The molecule has 1 aliphatic rings. The van der Waals surface area contributed by atoms with E-state index in [1.165, 1.54) is 17.0 Å². The number of alkyl halides is 3. The smallest absolute Gasteiger partial charge is 0.383 e. The molecule has 1 fully saturated rings. The molecule has 6 heteroatoms. The number of benzene rings is 1. The first-order valence-corrected chi connectivity index (χ1v) is 5.06. The molecule has 0 saturated carbocycles. The number of amides is 1. The van der Waals surface area contributed by atoms with Crippen molar-refractivity contribution < 1.29 is 23.1 Å². The lowest BCUT2D eigenvalue weighted by Crippen LogP contribution is -2.29.